The predicted octanol–water partition coefficient (Wildman–Crippen LogP) is 7.85. The highest BCUT2D eigenvalue weighted by Gasteiger charge is 2.25. The Morgan fingerprint density at radius 3 is 2.61 bits per heavy atom. The zero-order valence-electron chi connectivity index (χ0n) is 19.2. The van der Waals surface area contributed by atoms with E-state index in [1.807, 2.05) is 36.4 Å². The summed E-state index contributed by atoms with van der Waals surface area (Å²) in [5.41, 5.74) is 3.11. The number of thioether (sulfide) groups is 1. The molecule has 5 nitrogen and oxygen atoms in total. The first-order chi connectivity index (χ1) is 17.4. The monoisotopic (exact) mass is 558 g/mol. The largest absolute Gasteiger partial charge is 0.493 e. The van der Waals surface area contributed by atoms with Crippen LogP contribution >= 0.6 is 46.6 Å². The van der Waals surface area contributed by atoms with E-state index in [0.717, 1.165) is 16.7 Å². The van der Waals surface area contributed by atoms with E-state index in [9.17, 15) is 4.79 Å². The zero-order valence-corrected chi connectivity index (χ0v) is 22.3. The summed E-state index contributed by atoms with van der Waals surface area (Å²) in [5.74, 6) is 0.915. The Hall–Kier alpha value is -2.90. The normalized spacial score (nSPS) is 15.3. The predicted molar refractivity (Wildman–Crippen MR) is 150 cm³/mol. The van der Waals surface area contributed by atoms with Crippen LogP contribution in [-0.4, -0.2) is 18.2 Å². The van der Waals surface area contributed by atoms with Crippen molar-refractivity contribution in [1.29, 1.82) is 0 Å². The Bertz CT molecular complexity index is 1370. The smallest absolute Gasteiger partial charge is 0.264 e. The van der Waals surface area contributed by atoms with E-state index in [4.69, 9.17) is 44.3 Å². The number of carbonyl (C=O) groups is 1. The van der Waals surface area contributed by atoms with E-state index >= 15 is 0 Å². The summed E-state index contributed by atoms with van der Waals surface area (Å²) in [5, 5.41) is 4.56. The molecule has 0 aromatic heterocycles. The lowest BCUT2D eigenvalue weighted by Gasteiger charge is -2.16. The van der Waals surface area contributed by atoms with Crippen molar-refractivity contribution in [2.45, 2.75) is 13.0 Å². The summed E-state index contributed by atoms with van der Waals surface area (Å²) in [7, 11) is 1.58. The molecule has 0 saturated carbocycles. The molecule has 1 N–H and O–H groups in total. The molecule has 1 amide bonds. The molecule has 0 atom stereocenters. The number of amides is 1. The van der Waals surface area contributed by atoms with Crippen molar-refractivity contribution in [2.75, 3.05) is 7.11 Å². The molecule has 3 aromatic rings. The lowest BCUT2D eigenvalue weighted by atomic mass is 10.0. The molecule has 1 heterocycles. The summed E-state index contributed by atoms with van der Waals surface area (Å²) < 4.78 is 11.8. The van der Waals surface area contributed by atoms with Gasteiger partial charge in [0.15, 0.2) is 16.7 Å². The Morgan fingerprint density at radius 2 is 1.89 bits per heavy atom. The van der Waals surface area contributed by atoms with Crippen LogP contribution in [0, 0.1) is 0 Å². The fourth-order valence-corrected chi connectivity index (χ4v) is 4.74. The molecule has 1 saturated heterocycles. The van der Waals surface area contributed by atoms with Crippen molar-refractivity contribution >= 4 is 69.4 Å². The van der Waals surface area contributed by atoms with Crippen LogP contribution < -0.4 is 14.8 Å². The molecule has 0 radical (unpaired) electrons. The standard InChI is InChI=1S/C27H21Cl3N2O3S/c1-3-5-18-12-17(13-22(34-2)25(18)35-15-16-8-10-19(28)11-9-16)14-23-26(33)32-27(36-23)31-21-7-4-6-20(29)24(21)30/h3-4,6-14H,1,5,15H2,2H3,(H,31,32,33)/b23-14-. The topological polar surface area (TPSA) is 59.9 Å². The molecule has 184 valence electrons. The molecule has 0 spiro atoms. The first-order valence-electron chi connectivity index (χ1n) is 10.8. The minimum atomic E-state index is -0.260. The zero-order chi connectivity index (χ0) is 25.7. The number of aliphatic imine (C=N–C) groups is 1. The quantitative estimate of drug-likeness (QED) is 0.225. The van der Waals surface area contributed by atoms with E-state index < -0.39 is 0 Å². The van der Waals surface area contributed by atoms with Crippen molar-refractivity contribution in [1.82, 2.24) is 5.32 Å². The highest BCUT2D eigenvalue weighted by molar-refractivity contribution is 8.18. The van der Waals surface area contributed by atoms with Gasteiger partial charge in [-0.15, -0.1) is 6.58 Å². The number of hydrogen-bond donors (Lipinski definition) is 1. The van der Waals surface area contributed by atoms with E-state index in [1.165, 1.54) is 11.8 Å². The van der Waals surface area contributed by atoms with E-state index in [1.54, 1.807) is 37.5 Å². The Balaban J connectivity index is 1.60. The van der Waals surface area contributed by atoms with Crippen LogP contribution in [0.25, 0.3) is 6.08 Å². The number of amidine groups is 1. The number of nitrogens with one attached hydrogen (secondary N) is 1. The second kappa shape index (κ2) is 11.9. The highest BCUT2D eigenvalue weighted by Crippen LogP contribution is 2.37. The SMILES string of the molecule is C=CCc1cc(/C=C2\SC(=Nc3cccc(Cl)c3Cl)NC2=O)cc(OC)c1OCc1ccc(Cl)cc1. The van der Waals surface area contributed by atoms with Gasteiger partial charge < -0.3 is 14.8 Å². The number of carbonyl (C=O) groups excluding carboxylic acids is 1. The first kappa shape index (κ1) is 26.2. The maximum absolute atomic E-state index is 12.6. The number of methoxy groups -OCH3 is 1. The Morgan fingerprint density at radius 1 is 1.11 bits per heavy atom. The fourth-order valence-electron chi connectivity index (χ4n) is 3.45. The molecule has 4 rings (SSSR count). The van der Waals surface area contributed by atoms with Gasteiger partial charge in [-0.05, 0) is 71.8 Å². The van der Waals surface area contributed by atoms with Crippen LogP contribution in [0.2, 0.25) is 15.1 Å². The lowest BCUT2D eigenvalue weighted by Crippen LogP contribution is -2.19. The van der Waals surface area contributed by atoms with Crippen molar-refractivity contribution in [3.05, 3.63) is 104 Å². The van der Waals surface area contributed by atoms with Crippen LogP contribution in [0.5, 0.6) is 11.5 Å². The molecule has 9 heteroatoms. The summed E-state index contributed by atoms with van der Waals surface area (Å²) in [4.78, 5) is 17.5. The average Bonchev–Trinajstić information content (AvgIpc) is 3.20. The molecule has 0 bridgehead atoms. The molecule has 3 aromatic carbocycles. The van der Waals surface area contributed by atoms with E-state index in [0.29, 0.717) is 55.4 Å². The van der Waals surface area contributed by atoms with Gasteiger partial charge >= 0.3 is 0 Å². The van der Waals surface area contributed by atoms with Crippen molar-refractivity contribution in [3.8, 4) is 11.5 Å². The Kier molecular flexibility index (Phi) is 8.64. The minimum Gasteiger partial charge on any atom is -0.493 e. The highest BCUT2D eigenvalue weighted by atomic mass is 35.5. The van der Waals surface area contributed by atoms with Crippen molar-refractivity contribution in [2.24, 2.45) is 4.99 Å². The van der Waals surface area contributed by atoms with Gasteiger partial charge in [-0.3, -0.25) is 4.79 Å². The molecule has 36 heavy (non-hydrogen) atoms. The molecule has 1 aliphatic rings. The number of hydrogen-bond acceptors (Lipinski definition) is 5. The van der Waals surface area contributed by atoms with Gasteiger partial charge in [-0.25, -0.2) is 4.99 Å². The van der Waals surface area contributed by atoms with Crippen molar-refractivity contribution in [3.63, 3.8) is 0 Å². The summed E-state index contributed by atoms with van der Waals surface area (Å²) >= 11 is 19.5. The third-order valence-electron chi connectivity index (χ3n) is 5.14. The van der Waals surface area contributed by atoms with Gasteiger partial charge in [0.2, 0.25) is 0 Å². The summed E-state index contributed by atoms with van der Waals surface area (Å²) in [6, 6.07) is 16.4. The number of halogens is 3. The molecule has 1 fully saturated rings. The molecule has 0 aliphatic carbocycles. The fraction of sp³-hybridized carbons (Fsp3) is 0.111. The second-order valence-corrected chi connectivity index (χ2v) is 9.93. The summed E-state index contributed by atoms with van der Waals surface area (Å²) in [6.45, 7) is 4.21. The van der Waals surface area contributed by atoms with Gasteiger partial charge in [-0.1, -0.05) is 59.1 Å². The minimum absolute atomic E-state index is 0.260. The van der Waals surface area contributed by atoms with Gasteiger partial charge in [0, 0.05) is 10.6 Å². The molecular formula is C27H21Cl3N2O3S. The number of allylic oxidation sites excluding steroid dienone is 1. The lowest BCUT2D eigenvalue weighted by molar-refractivity contribution is -0.115. The third kappa shape index (κ3) is 6.26. The molecule has 0 unspecified atom stereocenters. The van der Waals surface area contributed by atoms with Gasteiger partial charge in [0.25, 0.3) is 5.91 Å². The van der Waals surface area contributed by atoms with Crippen LogP contribution in [0.1, 0.15) is 16.7 Å². The molecule has 1 aliphatic heterocycles. The first-order valence-corrected chi connectivity index (χ1v) is 12.8. The van der Waals surface area contributed by atoms with Crippen molar-refractivity contribution < 1.29 is 14.3 Å². The number of nitrogens with zero attached hydrogens (tertiary/aromatic N) is 1. The van der Waals surface area contributed by atoms with Crippen LogP contribution in [0.3, 0.4) is 0 Å². The van der Waals surface area contributed by atoms with E-state index in [-0.39, 0.29) is 5.91 Å². The number of benzene rings is 3. The van der Waals surface area contributed by atoms with E-state index in [2.05, 4.69) is 16.9 Å². The van der Waals surface area contributed by atoms with Crippen LogP contribution in [0.4, 0.5) is 5.69 Å². The summed E-state index contributed by atoms with van der Waals surface area (Å²) in [6.07, 6.45) is 4.13. The third-order valence-corrected chi connectivity index (χ3v) is 7.11. The van der Waals surface area contributed by atoms with Crippen LogP contribution in [0.15, 0.2) is 77.1 Å². The maximum Gasteiger partial charge on any atom is 0.264 e. The second-order valence-electron chi connectivity index (χ2n) is 7.67. The number of rotatable bonds is 8. The Labute approximate surface area is 228 Å². The van der Waals surface area contributed by atoms with Crippen LogP contribution in [-0.2, 0) is 17.8 Å². The number of ether oxygens (including phenoxy) is 2. The molecular weight excluding hydrogens is 539 g/mol. The average molecular weight is 560 g/mol. The van der Waals surface area contributed by atoms with Gasteiger partial charge in [0.1, 0.15) is 6.61 Å². The van der Waals surface area contributed by atoms with Gasteiger partial charge in [-0.2, -0.15) is 0 Å². The van der Waals surface area contributed by atoms with Gasteiger partial charge in [0.05, 0.1) is 27.7 Å². The maximum atomic E-state index is 12.6.